The molecule has 8 nitrogen and oxygen atoms in total. The summed E-state index contributed by atoms with van der Waals surface area (Å²) >= 11 is 0. The third-order valence-electron chi connectivity index (χ3n) is 4.31. The van der Waals surface area contributed by atoms with Gasteiger partial charge in [-0.1, -0.05) is 12.1 Å². The van der Waals surface area contributed by atoms with Gasteiger partial charge < -0.3 is 9.47 Å². The minimum absolute atomic E-state index is 0.0819. The highest BCUT2D eigenvalue weighted by atomic mass is 16.6. The molecule has 1 aromatic rings. The summed E-state index contributed by atoms with van der Waals surface area (Å²) in [6.07, 6.45) is -0.348. The minimum atomic E-state index is -0.824. The Morgan fingerprint density at radius 1 is 1.19 bits per heavy atom. The maximum atomic E-state index is 12.7. The first-order chi connectivity index (χ1) is 12.7. The molecule has 0 bridgehead atoms. The van der Waals surface area contributed by atoms with Crippen LogP contribution in [-0.2, 0) is 19.1 Å². The number of hydrogen-bond donors (Lipinski definition) is 0. The van der Waals surface area contributed by atoms with Gasteiger partial charge in [-0.25, -0.2) is 4.79 Å². The molecule has 0 aromatic heterocycles. The molecule has 144 valence electrons. The SMILES string of the molecule is COC(=O)C1C(C)=NC(C)=C(C(=O)OC(C)C)C1c1ccc([N+](=O)[O-])cc1. The maximum absolute atomic E-state index is 12.7. The van der Waals surface area contributed by atoms with Gasteiger partial charge in [0, 0.05) is 29.5 Å². The van der Waals surface area contributed by atoms with Crippen molar-refractivity contribution in [3.05, 3.63) is 51.2 Å². The van der Waals surface area contributed by atoms with Crippen molar-refractivity contribution in [1.29, 1.82) is 0 Å². The standard InChI is InChI=1S/C19H22N2O6/c1-10(2)27-19(23)16-12(4)20-11(3)15(18(22)26-5)17(16)13-6-8-14(9-7-13)21(24)25/h6-10,15,17H,1-5H3. The van der Waals surface area contributed by atoms with Crippen molar-refractivity contribution < 1.29 is 24.0 Å². The van der Waals surface area contributed by atoms with Crippen LogP contribution in [0.15, 0.2) is 40.5 Å². The van der Waals surface area contributed by atoms with Crippen LogP contribution in [0.5, 0.6) is 0 Å². The van der Waals surface area contributed by atoms with Gasteiger partial charge in [0.1, 0.15) is 5.92 Å². The third-order valence-corrected chi connectivity index (χ3v) is 4.31. The topological polar surface area (TPSA) is 108 Å². The van der Waals surface area contributed by atoms with Gasteiger partial charge in [-0.15, -0.1) is 0 Å². The van der Waals surface area contributed by atoms with Gasteiger partial charge in [0.15, 0.2) is 0 Å². The smallest absolute Gasteiger partial charge is 0.336 e. The fourth-order valence-electron chi connectivity index (χ4n) is 3.18. The Balaban J connectivity index is 2.62. The number of non-ortho nitro benzene ring substituents is 1. The van der Waals surface area contributed by atoms with Crippen LogP contribution >= 0.6 is 0 Å². The first-order valence-electron chi connectivity index (χ1n) is 8.46. The summed E-state index contributed by atoms with van der Waals surface area (Å²) in [4.78, 5) is 40.0. The minimum Gasteiger partial charge on any atom is -0.468 e. The highest BCUT2D eigenvalue weighted by Crippen LogP contribution is 2.40. The van der Waals surface area contributed by atoms with Crippen molar-refractivity contribution in [1.82, 2.24) is 0 Å². The predicted molar refractivity (Wildman–Crippen MR) is 98.4 cm³/mol. The fraction of sp³-hybridized carbons (Fsp3) is 0.421. The van der Waals surface area contributed by atoms with E-state index in [-0.39, 0.29) is 17.4 Å². The van der Waals surface area contributed by atoms with Crippen molar-refractivity contribution in [3.8, 4) is 0 Å². The van der Waals surface area contributed by atoms with Gasteiger partial charge >= 0.3 is 11.9 Å². The largest absolute Gasteiger partial charge is 0.468 e. The second-order valence-electron chi connectivity index (χ2n) is 6.53. The van der Waals surface area contributed by atoms with Crippen LogP contribution < -0.4 is 0 Å². The van der Waals surface area contributed by atoms with E-state index in [0.717, 1.165) is 0 Å². The average Bonchev–Trinajstić information content (AvgIpc) is 2.59. The summed E-state index contributed by atoms with van der Waals surface area (Å²) in [7, 11) is 1.26. The Bertz CT molecular complexity index is 823. The third kappa shape index (κ3) is 4.21. The number of nitro benzene ring substituents is 1. The van der Waals surface area contributed by atoms with Crippen LogP contribution in [0.2, 0.25) is 0 Å². The summed E-state index contributed by atoms with van der Waals surface area (Å²) in [6.45, 7) is 6.81. The van der Waals surface area contributed by atoms with Crippen LogP contribution in [0.25, 0.3) is 0 Å². The maximum Gasteiger partial charge on any atom is 0.336 e. The number of rotatable bonds is 5. The Morgan fingerprint density at radius 3 is 2.26 bits per heavy atom. The lowest BCUT2D eigenvalue weighted by atomic mass is 9.75. The number of ether oxygens (including phenoxy) is 2. The van der Waals surface area contributed by atoms with Crippen molar-refractivity contribution in [3.63, 3.8) is 0 Å². The fourth-order valence-corrected chi connectivity index (χ4v) is 3.18. The summed E-state index contributed by atoms with van der Waals surface area (Å²) in [5.41, 5.74) is 1.69. The van der Waals surface area contributed by atoms with E-state index < -0.39 is 28.7 Å². The van der Waals surface area contributed by atoms with E-state index in [2.05, 4.69) is 4.99 Å². The number of nitrogens with zero attached hydrogens (tertiary/aromatic N) is 2. The summed E-state index contributed by atoms with van der Waals surface area (Å²) < 4.78 is 10.3. The number of carbonyl (C=O) groups is 2. The van der Waals surface area contributed by atoms with Crippen LogP contribution in [0.1, 0.15) is 39.2 Å². The van der Waals surface area contributed by atoms with Gasteiger partial charge in [-0.3, -0.25) is 19.9 Å². The molecule has 1 aliphatic rings. The van der Waals surface area contributed by atoms with Gasteiger partial charge in [0.2, 0.25) is 0 Å². The number of esters is 2. The van der Waals surface area contributed by atoms with Crippen molar-refractivity contribution >= 4 is 23.3 Å². The lowest BCUT2D eigenvalue weighted by Gasteiger charge is -2.31. The molecule has 2 atom stereocenters. The van der Waals surface area contributed by atoms with Gasteiger partial charge in [-0.05, 0) is 33.3 Å². The molecular weight excluding hydrogens is 352 g/mol. The zero-order valence-electron chi connectivity index (χ0n) is 15.9. The molecule has 0 saturated heterocycles. The van der Waals surface area contributed by atoms with E-state index in [1.807, 2.05) is 0 Å². The second-order valence-corrected chi connectivity index (χ2v) is 6.53. The zero-order chi connectivity index (χ0) is 20.3. The van der Waals surface area contributed by atoms with Crippen LogP contribution in [0.3, 0.4) is 0 Å². The highest BCUT2D eigenvalue weighted by molar-refractivity contribution is 6.07. The van der Waals surface area contributed by atoms with E-state index in [0.29, 0.717) is 17.0 Å². The molecule has 0 aliphatic carbocycles. The van der Waals surface area contributed by atoms with Crippen molar-refractivity contribution in [2.75, 3.05) is 7.11 Å². The predicted octanol–water partition coefficient (Wildman–Crippen LogP) is 3.17. The quantitative estimate of drug-likeness (QED) is 0.445. The van der Waals surface area contributed by atoms with E-state index in [9.17, 15) is 19.7 Å². The van der Waals surface area contributed by atoms with Crippen LogP contribution in [-0.4, -0.2) is 35.8 Å². The molecule has 0 radical (unpaired) electrons. The molecule has 1 aromatic carbocycles. The molecule has 0 N–H and O–H groups in total. The number of methoxy groups -OCH3 is 1. The Labute approximate surface area is 157 Å². The normalized spacial score (nSPS) is 19.6. The second kappa shape index (κ2) is 8.11. The molecular formula is C19H22N2O6. The number of allylic oxidation sites excluding steroid dienone is 1. The van der Waals surface area contributed by atoms with E-state index >= 15 is 0 Å². The lowest BCUT2D eigenvalue weighted by Crippen LogP contribution is -2.36. The number of hydrogen-bond acceptors (Lipinski definition) is 7. The molecule has 0 amide bonds. The molecule has 0 spiro atoms. The van der Waals surface area contributed by atoms with E-state index in [4.69, 9.17) is 9.47 Å². The van der Waals surface area contributed by atoms with Crippen LogP contribution in [0, 0.1) is 16.0 Å². The molecule has 0 saturated carbocycles. The molecule has 8 heteroatoms. The highest BCUT2D eigenvalue weighted by Gasteiger charge is 2.42. The number of carbonyl (C=O) groups excluding carboxylic acids is 2. The Morgan fingerprint density at radius 2 is 1.78 bits per heavy atom. The molecule has 27 heavy (non-hydrogen) atoms. The summed E-state index contributed by atoms with van der Waals surface area (Å²) in [5, 5.41) is 10.9. The number of nitro groups is 1. The average molecular weight is 374 g/mol. The summed E-state index contributed by atoms with van der Waals surface area (Å²) in [5.74, 6) is -2.64. The molecule has 1 heterocycles. The molecule has 2 rings (SSSR count). The monoisotopic (exact) mass is 374 g/mol. The van der Waals surface area contributed by atoms with Gasteiger partial charge in [0.05, 0.1) is 23.7 Å². The van der Waals surface area contributed by atoms with E-state index in [1.165, 1.54) is 31.4 Å². The molecule has 1 aliphatic heterocycles. The molecule has 0 fully saturated rings. The molecule has 2 unspecified atom stereocenters. The Hall–Kier alpha value is -3.03. The summed E-state index contributed by atoms with van der Waals surface area (Å²) in [6, 6.07) is 5.75. The van der Waals surface area contributed by atoms with Gasteiger partial charge in [0.25, 0.3) is 5.69 Å². The van der Waals surface area contributed by atoms with Gasteiger partial charge in [-0.2, -0.15) is 0 Å². The van der Waals surface area contributed by atoms with E-state index in [1.54, 1.807) is 27.7 Å². The van der Waals surface area contributed by atoms with Crippen molar-refractivity contribution in [2.45, 2.75) is 39.7 Å². The Kier molecular flexibility index (Phi) is 6.09. The van der Waals surface area contributed by atoms with Crippen LogP contribution in [0.4, 0.5) is 5.69 Å². The van der Waals surface area contributed by atoms with Crippen molar-refractivity contribution in [2.24, 2.45) is 10.9 Å². The lowest BCUT2D eigenvalue weighted by molar-refractivity contribution is -0.384. The first kappa shape index (κ1) is 20.3. The first-order valence-corrected chi connectivity index (χ1v) is 8.46. The number of benzene rings is 1. The zero-order valence-corrected chi connectivity index (χ0v) is 15.9. The number of aliphatic imine (C=N–C) groups is 1.